The molecule has 0 amide bonds. The predicted octanol–water partition coefficient (Wildman–Crippen LogP) is 5.76. The molecule has 0 fully saturated rings. The Morgan fingerprint density at radius 2 is 1.81 bits per heavy atom. The van der Waals surface area contributed by atoms with Crippen LogP contribution in [-0.4, -0.2) is 10.2 Å². The molecule has 4 rings (SSSR count). The maximum Gasteiger partial charge on any atom is 0.283 e. The van der Waals surface area contributed by atoms with Crippen molar-refractivity contribution in [2.75, 3.05) is 0 Å². The lowest BCUT2D eigenvalue weighted by molar-refractivity contribution is 0.271. The molecule has 2 aromatic carbocycles. The van der Waals surface area contributed by atoms with Gasteiger partial charge in [0.2, 0.25) is 5.89 Å². The zero-order valence-electron chi connectivity index (χ0n) is 14.1. The van der Waals surface area contributed by atoms with Crippen molar-refractivity contribution in [3.05, 3.63) is 86.5 Å². The molecule has 0 bridgehead atoms. The van der Waals surface area contributed by atoms with E-state index >= 15 is 0 Å². The van der Waals surface area contributed by atoms with Crippen LogP contribution in [0.15, 0.2) is 69.5 Å². The summed E-state index contributed by atoms with van der Waals surface area (Å²) in [4.78, 5) is 0. The molecule has 0 N–H and O–H groups in total. The van der Waals surface area contributed by atoms with E-state index in [2.05, 4.69) is 32.8 Å². The molecule has 27 heavy (non-hydrogen) atoms. The van der Waals surface area contributed by atoms with Crippen LogP contribution >= 0.6 is 34.2 Å². The van der Waals surface area contributed by atoms with E-state index in [0.29, 0.717) is 41.4 Å². The molecule has 0 atom stereocenters. The van der Waals surface area contributed by atoms with Gasteiger partial charge in [0.15, 0.2) is 5.76 Å². The Morgan fingerprint density at radius 1 is 0.963 bits per heavy atom. The number of hydrogen-bond acceptors (Lipinski definition) is 5. The molecule has 7 heteroatoms. The minimum absolute atomic E-state index is 0.324. The third-order valence-electron chi connectivity index (χ3n) is 3.78. The van der Waals surface area contributed by atoms with Gasteiger partial charge in [0.1, 0.15) is 18.1 Å². The van der Waals surface area contributed by atoms with E-state index in [1.807, 2.05) is 54.6 Å². The van der Waals surface area contributed by atoms with E-state index in [4.69, 9.17) is 25.2 Å². The molecule has 0 saturated carbocycles. The van der Waals surface area contributed by atoms with Crippen LogP contribution in [0.25, 0.3) is 11.7 Å². The van der Waals surface area contributed by atoms with Crippen molar-refractivity contribution in [1.29, 1.82) is 0 Å². The summed E-state index contributed by atoms with van der Waals surface area (Å²) in [6.45, 7) is 0.324. The molecule has 136 valence electrons. The van der Waals surface area contributed by atoms with Crippen molar-refractivity contribution >= 4 is 34.2 Å². The maximum absolute atomic E-state index is 6.00. The van der Waals surface area contributed by atoms with Crippen LogP contribution in [0.2, 0.25) is 5.02 Å². The number of rotatable bonds is 6. The molecule has 5 nitrogen and oxygen atoms in total. The average Bonchev–Trinajstić information content (AvgIpc) is 3.31. The molecule has 0 aliphatic rings. The van der Waals surface area contributed by atoms with Crippen molar-refractivity contribution in [2.45, 2.75) is 13.0 Å². The van der Waals surface area contributed by atoms with Gasteiger partial charge in [0.25, 0.3) is 5.89 Å². The highest BCUT2D eigenvalue weighted by atomic mass is 127. The summed E-state index contributed by atoms with van der Waals surface area (Å²) in [5.74, 6) is 2.82. The highest BCUT2D eigenvalue weighted by Crippen LogP contribution is 2.23. The second-order valence-corrected chi connectivity index (χ2v) is 7.50. The van der Waals surface area contributed by atoms with Crippen LogP contribution < -0.4 is 4.74 Å². The quantitative estimate of drug-likeness (QED) is 0.320. The molecule has 2 heterocycles. The maximum atomic E-state index is 6.00. The molecule has 2 aromatic heterocycles. The van der Waals surface area contributed by atoms with Gasteiger partial charge in [-0.15, -0.1) is 10.2 Å². The van der Waals surface area contributed by atoms with Gasteiger partial charge in [-0.3, -0.25) is 0 Å². The van der Waals surface area contributed by atoms with Crippen LogP contribution in [-0.2, 0) is 13.0 Å². The van der Waals surface area contributed by atoms with Crippen LogP contribution in [0.5, 0.6) is 5.75 Å². The zero-order valence-corrected chi connectivity index (χ0v) is 17.0. The van der Waals surface area contributed by atoms with Crippen LogP contribution in [0.3, 0.4) is 0 Å². The first kappa shape index (κ1) is 18.1. The fourth-order valence-corrected chi connectivity index (χ4v) is 3.07. The Labute approximate surface area is 174 Å². The van der Waals surface area contributed by atoms with E-state index in [1.54, 1.807) is 6.07 Å². The molecule has 0 radical (unpaired) electrons. The van der Waals surface area contributed by atoms with Gasteiger partial charge < -0.3 is 13.6 Å². The van der Waals surface area contributed by atoms with Crippen molar-refractivity contribution in [3.63, 3.8) is 0 Å². The summed E-state index contributed by atoms with van der Waals surface area (Å²) < 4.78 is 18.3. The van der Waals surface area contributed by atoms with Crippen molar-refractivity contribution in [1.82, 2.24) is 10.2 Å². The van der Waals surface area contributed by atoms with E-state index in [9.17, 15) is 0 Å². The molecule has 0 unspecified atom stereocenters. The van der Waals surface area contributed by atoms with E-state index in [0.717, 1.165) is 14.9 Å². The fourth-order valence-electron chi connectivity index (χ4n) is 2.50. The zero-order chi connectivity index (χ0) is 18.6. The van der Waals surface area contributed by atoms with Gasteiger partial charge in [-0.1, -0.05) is 23.7 Å². The third kappa shape index (κ3) is 4.70. The van der Waals surface area contributed by atoms with Crippen LogP contribution in [0.1, 0.15) is 17.2 Å². The Balaban J connectivity index is 1.41. The first-order valence-electron chi connectivity index (χ1n) is 8.20. The predicted molar refractivity (Wildman–Crippen MR) is 110 cm³/mol. The highest BCUT2D eigenvalue weighted by Gasteiger charge is 2.13. The number of nitrogens with zero attached hydrogens (tertiary/aromatic N) is 2. The van der Waals surface area contributed by atoms with Gasteiger partial charge in [0, 0.05) is 8.59 Å². The van der Waals surface area contributed by atoms with Crippen LogP contribution in [0.4, 0.5) is 0 Å². The van der Waals surface area contributed by atoms with Gasteiger partial charge in [-0.25, -0.2) is 0 Å². The summed E-state index contributed by atoms with van der Waals surface area (Å²) >= 11 is 8.26. The average molecular weight is 493 g/mol. The number of hydrogen-bond donors (Lipinski definition) is 0. The molecule has 0 spiro atoms. The molecular weight excluding hydrogens is 479 g/mol. The standard InChI is InChI=1S/C20H14ClIN2O3/c21-14-3-1-2-13(10-14)11-19-23-24-20(27-19)18-9-8-17(26-18)12-25-16-6-4-15(22)5-7-16/h1-10H,11-12H2. The molecular formula is C20H14ClIN2O3. The Bertz CT molecular complexity index is 1040. The molecule has 0 saturated heterocycles. The van der Waals surface area contributed by atoms with Gasteiger partial charge in [-0.2, -0.15) is 0 Å². The Hall–Kier alpha value is -2.32. The van der Waals surface area contributed by atoms with E-state index in [1.165, 1.54) is 0 Å². The number of ether oxygens (including phenoxy) is 1. The monoisotopic (exact) mass is 492 g/mol. The summed E-state index contributed by atoms with van der Waals surface area (Å²) in [6, 6.07) is 19.0. The summed E-state index contributed by atoms with van der Waals surface area (Å²) in [7, 11) is 0. The number of benzene rings is 2. The summed E-state index contributed by atoms with van der Waals surface area (Å²) in [5.41, 5.74) is 1.00. The lowest BCUT2D eigenvalue weighted by Crippen LogP contribution is -1.93. The lowest BCUT2D eigenvalue weighted by atomic mass is 10.1. The number of aromatic nitrogens is 2. The first-order chi connectivity index (χ1) is 13.2. The normalized spacial score (nSPS) is 10.9. The fraction of sp³-hybridized carbons (Fsp3) is 0.100. The Kier molecular flexibility index (Phi) is 5.45. The Morgan fingerprint density at radius 3 is 2.63 bits per heavy atom. The number of halogens is 2. The van der Waals surface area contributed by atoms with E-state index in [-0.39, 0.29) is 0 Å². The summed E-state index contributed by atoms with van der Waals surface area (Å²) in [6.07, 6.45) is 0.511. The lowest BCUT2D eigenvalue weighted by Gasteiger charge is -2.03. The molecule has 0 aliphatic heterocycles. The summed E-state index contributed by atoms with van der Waals surface area (Å²) in [5, 5.41) is 8.82. The molecule has 4 aromatic rings. The smallest absolute Gasteiger partial charge is 0.283 e. The van der Waals surface area contributed by atoms with Gasteiger partial charge >= 0.3 is 0 Å². The third-order valence-corrected chi connectivity index (χ3v) is 4.73. The largest absolute Gasteiger partial charge is 0.486 e. The molecule has 0 aliphatic carbocycles. The van der Waals surface area contributed by atoms with Crippen molar-refractivity contribution < 1.29 is 13.6 Å². The van der Waals surface area contributed by atoms with Gasteiger partial charge in [-0.05, 0) is 76.7 Å². The first-order valence-corrected chi connectivity index (χ1v) is 9.66. The van der Waals surface area contributed by atoms with Crippen LogP contribution in [0, 0.1) is 3.57 Å². The second-order valence-electron chi connectivity index (χ2n) is 5.82. The van der Waals surface area contributed by atoms with Crippen molar-refractivity contribution in [2.24, 2.45) is 0 Å². The SMILES string of the molecule is Clc1cccc(Cc2nnc(-c3ccc(COc4ccc(I)cc4)o3)o2)c1. The highest BCUT2D eigenvalue weighted by molar-refractivity contribution is 14.1. The number of furan rings is 1. The van der Waals surface area contributed by atoms with E-state index < -0.39 is 0 Å². The minimum Gasteiger partial charge on any atom is -0.486 e. The van der Waals surface area contributed by atoms with Crippen molar-refractivity contribution in [3.8, 4) is 17.4 Å². The van der Waals surface area contributed by atoms with Gasteiger partial charge in [0.05, 0.1) is 6.42 Å². The second kappa shape index (κ2) is 8.14. The minimum atomic E-state index is 0.324. The topological polar surface area (TPSA) is 61.3 Å².